The Morgan fingerprint density at radius 2 is 1.79 bits per heavy atom. The molecule has 2 heteroatoms. The molecule has 0 unspecified atom stereocenters. The molecule has 0 radical (unpaired) electrons. The number of aliphatic hydroxyl groups is 2. The highest BCUT2D eigenvalue weighted by Gasteiger charge is 1.92. The van der Waals surface area contributed by atoms with E-state index in [0.29, 0.717) is 0 Å². The molecule has 1 rings (SSSR count). The van der Waals surface area contributed by atoms with Gasteiger partial charge in [-0.05, 0) is 30.5 Å². The van der Waals surface area contributed by atoms with Gasteiger partial charge in [0, 0.05) is 12.2 Å². The Bertz CT molecular complexity index is 316. The van der Waals surface area contributed by atoms with Gasteiger partial charge in [0.1, 0.15) is 6.61 Å². The summed E-state index contributed by atoms with van der Waals surface area (Å²) < 4.78 is 0. The van der Waals surface area contributed by atoms with Crippen molar-refractivity contribution in [2.24, 2.45) is 0 Å². The molecule has 0 bridgehead atoms. The van der Waals surface area contributed by atoms with Crippen molar-refractivity contribution >= 4 is 0 Å². The fourth-order valence-corrected chi connectivity index (χ4v) is 1.18. The van der Waals surface area contributed by atoms with Crippen LogP contribution in [-0.2, 0) is 6.42 Å². The maximum Gasteiger partial charge on any atom is 0.104 e. The SMILES string of the molecule is OCC#Cc1ccc(CCCO)cc1. The predicted molar refractivity (Wildman–Crippen MR) is 55.8 cm³/mol. The van der Waals surface area contributed by atoms with Gasteiger partial charge in [0.15, 0.2) is 0 Å². The largest absolute Gasteiger partial charge is 0.396 e. The standard InChI is InChI=1S/C12H14O2/c13-9-1-3-11-5-7-12(8-6-11)4-2-10-14/h5-8,13-14H,1,3,9-10H2. The summed E-state index contributed by atoms with van der Waals surface area (Å²) in [4.78, 5) is 0. The van der Waals surface area contributed by atoms with Crippen molar-refractivity contribution < 1.29 is 10.2 Å². The molecule has 0 aliphatic carbocycles. The van der Waals surface area contributed by atoms with E-state index in [4.69, 9.17) is 10.2 Å². The van der Waals surface area contributed by atoms with Crippen LogP contribution in [0.2, 0.25) is 0 Å². The summed E-state index contributed by atoms with van der Waals surface area (Å²) in [7, 11) is 0. The zero-order valence-electron chi connectivity index (χ0n) is 8.03. The summed E-state index contributed by atoms with van der Waals surface area (Å²) in [6, 6.07) is 7.85. The van der Waals surface area contributed by atoms with E-state index in [-0.39, 0.29) is 13.2 Å². The Kier molecular flexibility index (Phi) is 4.77. The molecule has 0 aliphatic heterocycles. The third-order valence-electron chi connectivity index (χ3n) is 1.89. The van der Waals surface area contributed by atoms with Crippen LogP contribution in [0.15, 0.2) is 24.3 Å². The molecule has 0 amide bonds. The van der Waals surface area contributed by atoms with Crippen LogP contribution in [0.3, 0.4) is 0 Å². The molecule has 2 N–H and O–H groups in total. The average molecular weight is 190 g/mol. The van der Waals surface area contributed by atoms with Gasteiger partial charge >= 0.3 is 0 Å². The lowest BCUT2D eigenvalue weighted by Crippen LogP contribution is -1.89. The molecule has 14 heavy (non-hydrogen) atoms. The normalized spacial score (nSPS) is 9.29. The number of hydrogen-bond acceptors (Lipinski definition) is 2. The Labute approximate surface area is 84.2 Å². The van der Waals surface area contributed by atoms with E-state index >= 15 is 0 Å². The molecule has 0 fully saturated rings. The molecule has 1 aromatic carbocycles. The molecular formula is C12H14O2. The van der Waals surface area contributed by atoms with E-state index < -0.39 is 0 Å². The van der Waals surface area contributed by atoms with Crippen molar-refractivity contribution in [3.63, 3.8) is 0 Å². The van der Waals surface area contributed by atoms with Crippen LogP contribution >= 0.6 is 0 Å². The molecule has 2 nitrogen and oxygen atoms in total. The highest BCUT2D eigenvalue weighted by molar-refractivity contribution is 5.36. The monoisotopic (exact) mass is 190 g/mol. The number of aryl methyl sites for hydroxylation is 1. The van der Waals surface area contributed by atoms with Gasteiger partial charge in [0.05, 0.1) is 0 Å². The van der Waals surface area contributed by atoms with E-state index in [0.717, 1.165) is 18.4 Å². The first kappa shape index (κ1) is 10.8. The summed E-state index contributed by atoms with van der Waals surface area (Å²) in [5.41, 5.74) is 2.11. The highest BCUT2D eigenvalue weighted by atomic mass is 16.3. The maximum absolute atomic E-state index is 8.65. The van der Waals surface area contributed by atoms with Crippen molar-refractivity contribution in [3.05, 3.63) is 35.4 Å². The Morgan fingerprint density at radius 3 is 2.36 bits per heavy atom. The number of benzene rings is 1. The lowest BCUT2D eigenvalue weighted by atomic mass is 10.1. The zero-order valence-corrected chi connectivity index (χ0v) is 8.03. The first-order valence-electron chi connectivity index (χ1n) is 4.66. The van der Waals surface area contributed by atoms with Gasteiger partial charge < -0.3 is 10.2 Å². The highest BCUT2D eigenvalue weighted by Crippen LogP contribution is 2.05. The van der Waals surface area contributed by atoms with Gasteiger partial charge in [-0.2, -0.15) is 0 Å². The van der Waals surface area contributed by atoms with E-state index in [9.17, 15) is 0 Å². The summed E-state index contributed by atoms with van der Waals surface area (Å²) in [6.45, 7) is 0.123. The third-order valence-corrected chi connectivity index (χ3v) is 1.89. The second-order valence-corrected chi connectivity index (χ2v) is 2.98. The smallest absolute Gasteiger partial charge is 0.104 e. The van der Waals surface area contributed by atoms with E-state index in [1.807, 2.05) is 24.3 Å². The maximum atomic E-state index is 8.65. The lowest BCUT2D eigenvalue weighted by Gasteiger charge is -1.98. The van der Waals surface area contributed by atoms with Crippen LogP contribution < -0.4 is 0 Å². The molecule has 0 saturated heterocycles. The quantitative estimate of drug-likeness (QED) is 0.697. The minimum Gasteiger partial charge on any atom is -0.396 e. The molecule has 0 atom stereocenters. The molecule has 1 aromatic rings. The van der Waals surface area contributed by atoms with Crippen molar-refractivity contribution in [1.29, 1.82) is 0 Å². The van der Waals surface area contributed by atoms with Crippen LogP contribution in [0.4, 0.5) is 0 Å². The van der Waals surface area contributed by atoms with E-state index in [1.54, 1.807) is 0 Å². The van der Waals surface area contributed by atoms with Crippen molar-refractivity contribution in [3.8, 4) is 11.8 Å². The summed E-state index contributed by atoms with van der Waals surface area (Å²) in [5, 5.41) is 17.1. The summed E-state index contributed by atoms with van der Waals surface area (Å²) in [6.07, 6.45) is 1.69. The van der Waals surface area contributed by atoms with Gasteiger partial charge in [-0.25, -0.2) is 0 Å². The zero-order chi connectivity index (χ0) is 10.2. The lowest BCUT2D eigenvalue weighted by molar-refractivity contribution is 0.288. The molecule has 74 valence electrons. The number of rotatable bonds is 3. The Balaban J connectivity index is 2.59. The van der Waals surface area contributed by atoms with Gasteiger partial charge in [-0.15, -0.1) is 0 Å². The molecule has 0 aromatic heterocycles. The summed E-state index contributed by atoms with van der Waals surface area (Å²) in [5.74, 6) is 5.42. The van der Waals surface area contributed by atoms with Crippen LogP contribution in [0, 0.1) is 11.8 Å². The summed E-state index contributed by atoms with van der Waals surface area (Å²) >= 11 is 0. The third kappa shape index (κ3) is 3.61. The second-order valence-electron chi connectivity index (χ2n) is 2.98. The Hall–Kier alpha value is -1.30. The van der Waals surface area contributed by atoms with Gasteiger partial charge in [-0.1, -0.05) is 24.0 Å². The topological polar surface area (TPSA) is 40.5 Å². The minimum atomic E-state index is -0.105. The molecular weight excluding hydrogens is 176 g/mol. The molecule has 0 aliphatic rings. The Morgan fingerprint density at radius 1 is 1.07 bits per heavy atom. The van der Waals surface area contributed by atoms with Gasteiger partial charge in [0.25, 0.3) is 0 Å². The van der Waals surface area contributed by atoms with Gasteiger partial charge in [-0.3, -0.25) is 0 Å². The first-order valence-corrected chi connectivity index (χ1v) is 4.66. The van der Waals surface area contributed by atoms with Crippen molar-refractivity contribution in [1.82, 2.24) is 0 Å². The number of hydrogen-bond donors (Lipinski definition) is 2. The van der Waals surface area contributed by atoms with E-state index in [2.05, 4.69) is 11.8 Å². The average Bonchev–Trinajstić information content (AvgIpc) is 2.25. The van der Waals surface area contributed by atoms with Crippen LogP contribution in [0.5, 0.6) is 0 Å². The number of aliphatic hydroxyl groups excluding tert-OH is 2. The van der Waals surface area contributed by atoms with Crippen LogP contribution in [0.1, 0.15) is 17.5 Å². The fourth-order valence-electron chi connectivity index (χ4n) is 1.18. The minimum absolute atomic E-state index is 0.105. The predicted octanol–water partition coefficient (Wildman–Crippen LogP) is 0.955. The van der Waals surface area contributed by atoms with Crippen molar-refractivity contribution in [2.45, 2.75) is 12.8 Å². The van der Waals surface area contributed by atoms with E-state index in [1.165, 1.54) is 5.56 Å². The fraction of sp³-hybridized carbons (Fsp3) is 0.333. The first-order chi connectivity index (χ1) is 6.86. The van der Waals surface area contributed by atoms with Crippen LogP contribution in [-0.4, -0.2) is 23.4 Å². The second kappa shape index (κ2) is 6.20. The van der Waals surface area contributed by atoms with Crippen LogP contribution in [0.25, 0.3) is 0 Å². The molecule has 0 heterocycles. The molecule has 0 spiro atoms. The molecule has 0 saturated carbocycles. The van der Waals surface area contributed by atoms with Crippen molar-refractivity contribution in [2.75, 3.05) is 13.2 Å². The van der Waals surface area contributed by atoms with Gasteiger partial charge in [0.2, 0.25) is 0 Å².